The standard InChI is InChI=1S/C10H10BrN/c1-10(2)4-3-7-8(11)6-12-9(7)5-10/h3-6H,1-2H3. The molecule has 2 rings (SSSR count). The molecule has 0 spiro atoms. The molecule has 0 aromatic heterocycles. The van der Waals surface area contributed by atoms with Gasteiger partial charge in [0.2, 0.25) is 0 Å². The monoisotopic (exact) mass is 223 g/mol. The van der Waals surface area contributed by atoms with Gasteiger partial charge in [0.15, 0.2) is 0 Å². The lowest BCUT2D eigenvalue weighted by atomic mass is 9.86. The van der Waals surface area contributed by atoms with E-state index in [0.717, 1.165) is 10.2 Å². The molecule has 2 aliphatic rings. The third-order valence-corrected chi connectivity index (χ3v) is 2.67. The van der Waals surface area contributed by atoms with Crippen molar-refractivity contribution in [2.45, 2.75) is 13.8 Å². The van der Waals surface area contributed by atoms with Gasteiger partial charge < -0.3 is 0 Å². The summed E-state index contributed by atoms with van der Waals surface area (Å²) in [5, 5.41) is 0. The average molecular weight is 224 g/mol. The highest BCUT2D eigenvalue weighted by molar-refractivity contribution is 9.12. The van der Waals surface area contributed by atoms with Gasteiger partial charge in [-0.2, -0.15) is 0 Å². The first-order valence-electron chi connectivity index (χ1n) is 3.95. The van der Waals surface area contributed by atoms with Crippen LogP contribution in [-0.4, -0.2) is 6.21 Å². The fourth-order valence-corrected chi connectivity index (χ4v) is 1.80. The van der Waals surface area contributed by atoms with Gasteiger partial charge in [0.05, 0.1) is 5.70 Å². The highest BCUT2D eigenvalue weighted by atomic mass is 79.9. The molecule has 0 aromatic carbocycles. The van der Waals surface area contributed by atoms with Crippen LogP contribution in [0, 0.1) is 5.41 Å². The molecule has 12 heavy (non-hydrogen) atoms. The minimum Gasteiger partial charge on any atom is -0.255 e. The summed E-state index contributed by atoms with van der Waals surface area (Å²) in [6, 6.07) is 0. The molecule has 0 atom stereocenters. The van der Waals surface area contributed by atoms with Gasteiger partial charge in [0.1, 0.15) is 0 Å². The third kappa shape index (κ3) is 1.20. The molecule has 0 unspecified atom stereocenters. The molecule has 0 fully saturated rings. The zero-order valence-electron chi connectivity index (χ0n) is 7.13. The molecule has 0 radical (unpaired) electrons. The second-order valence-corrected chi connectivity index (χ2v) is 4.56. The minimum atomic E-state index is 0.147. The van der Waals surface area contributed by atoms with Gasteiger partial charge in [-0.05, 0) is 22.0 Å². The molecule has 0 amide bonds. The number of aliphatic imine (C=N–C) groups is 1. The largest absolute Gasteiger partial charge is 0.255 e. The average Bonchev–Trinajstić information content (AvgIpc) is 2.30. The Balaban J connectivity index is 2.50. The van der Waals surface area contributed by atoms with Gasteiger partial charge in [-0.25, -0.2) is 0 Å². The van der Waals surface area contributed by atoms with Crippen LogP contribution in [0.2, 0.25) is 0 Å². The van der Waals surface area contributed by atoms with Crippen molar-refractivity contribution in [3.63, 3.8) is 0 Å². The van der Waals surface area contributed by atoms with Gasteiger partial charge in [-0.15, -0.1) is 0 Å². The Morgan fingerprint density at radius 3 is 2.92 bits per heavy atom. The van der Waals surface area contributed by atoms with Gasteiger partial charge in [0.25, 0.3) is 0 Å². The third-order valence-electron chi connectivity index (χ3n) is 2.04. The summed E-state index contributed by atoms with van der Waals surface area (Å²) in [5.74, 6) is 0. The topological polar surface area (TPSA) is 12.4 Å². The van der Waals surface area contributed by atoms with Gasteiger partial charge in [-0.3, -0.25) is 4.99 Å². The van der Waals surface area contributed by atoms with Crippen molar-refractivity contribution in [2.75, 3.05) is 0 Å². The Hall–Kier alpha value is -0.630. The van der Waals surface area contributed by atoms with Crippen molar-refractivity contribution in [1.82, 2.24) is 0 Å². The number of rotatable bonds is 0. The molecule has 0 bridgehead atoms. The molecule has 62 valence electrons. The van der Waals surface area contributed by atoms with E-state index in [1.165, 1.54) is 5.57 Å². The molecular formula is C10H10BrN. The first-order valence-corrected chi connectivity index (χ1v) is 4.74. The Labute approximate surface area is 80.7 Å². The first-order chi connectivity index (χ1) is 5.58. The van der Waals surface area contributed by atoms with Crippen molar-refractivity contribution in [3.05, 3.63) is 34.0 Å². The number of hydrogen-bond donors (Lipinski definition) is 0. The second-order valence-electron chi connectivity index (χ2n) is 3.70. The SMILES string of the molecule is CC1(C)C=CC2=C(Br)C=NC2=C1. The maximum atomic E-state index is 4.30. The van der Waals surface area contributed by atoms with Crippen LogP contribution in [0.3, 0.4) is 0 Å². The van der Waals surface area contributed by atoms with Crippen molar-refractivity contribution in [2.24, 2.45) is 10.4 Å². The summed E-state index contributed by atoms with van der Waals surface area (Å²) < 4.78 is 1.08. The van der Waals surface area contributed by atoms with Crippen LogP contribution in [0.25, 0.3) is 0 Å². The van der Waals surface area contributed by atoms with E-state index in [1.54, 1.807) is 0 Å². The van der Waals surface area contributed by atoms with E-state index in [1.807, 2.05) is 6.21 Å². The number of allylic oxidation sites excluding steroid dienone is 4. The zero-order chi connectivity index (χ0) is 8.77. The normalized spacial score (nSPS) is 24.4. The Bertz CT molecular complexity index is 343. The maximum absolute atomic E-state index is 4.30. The van der Waals surface area contributed by atoms with Gasteiger partial charge >= 0.3 is 0 Å². The highest BCUT2D eigenvalue weighted by Crippen LogP contribution is 2.36. The minimum absolute atomic E-state index is 0.147. The lowest BCUT2D eigenvalue weighted by molar-refractivity contribution is 0.615. The van der Waals surface area contributed by atoms with Crippen LogP contribution >= 0.6 is 15.9 Å². The first kappa shape index (κ1) is 7.99. The summed E-state index contributed by atoms with van der Waals surface area (Å²) in [5.41, 5.74) is 2.44. The molecule has 1 nitrogen and oxygen atoms in total. The smallest absolute Gasteiger partial charge is 0.0682 e. The summed E-state index contributed by atoms with van der Waals surface area (Å²) >= 11 is 3.46. The van der Waals surface area contributed by atoms with Crippen molar-refractivity contribution in [1.29, 1.82) is 0 Å². The van der Waals surface area contributed by atoms with Crippen LogP contribution in [0.5, 0.6) is 0 Å². The van der Waals surface area contributed by atoms with Crippen LogP contribution in [0.1, 0.15) is 13.8 Å². The zero-order valence-corrected chi connectivity index (χ0v) is 8.72. The molecule has 1 aliphatic heterocycles. The predicted molar refractivity (Wildman–Crippen MR) is 55.4 cm³/mol. The molecule has 0 N–H and O–H groups in total. The second kappa shape index (κ2) is 2.43. The fraction of sp³-hybridized carbons (Fsp3) is 0.300. The summed E-state index contributed by atoms with van der Waals surface area (Å²) in [7, 11) is 0. The summed E-state index contributed by atoms with van der Waals surface area (Å²) in [6.07, 6.45) is 8.37. The molecule has 0 saturated heterocycles. The number of nitrogens with zero attached hydrogens (tertiary/aromatic N) is 1. The molecule has 1 aliphatic carbocycles. The molecule has 0 saturated carbocycles. The predicted octanol–water partition coefficient (Wildman–Crippen LogP) is 3.20. The highest BCUT2D eigenvalue weighted by Gasteiger charge is 2.21. The number of hydrogen-bond acceptors (Lipinski definition) is 1. The fourth-order valence-electron chi connectivity index (χ4n) is 1.37. The van der Waals surface area contributed by atoms with Gasteiger partial charge in [0, 0.05) is 21.7 Å². The van der Waals surface area contributed by atoms with E-state index in [4.69, 9.17) is 0 Å². The maximum Gasteiger partial charge on any atom is 0.0682 e. The molecule has 1 heterocycles. The van der Waals surface area contributed by atoms with Gasteiger partial charge in [-0.1, -0.05) is 26.0 Å². The lowest BCUT2D eigenvalue weighted by Crippen LogP contribution is -2.07. The van der Waals surface area contributed by atoms with Crippen LogP contribution in [-0.2, 0) is 0 Å². The van der Waals surface area contributed by atoms with Crippen molar-refractivity contribution in [3.8, 4) is 0 Å². The van der Waals surface area contributed by atoms with Crippen LogP contribution in [0.15, 0.2) is 39.0 Å². The Kier molecular flexibility index (Phi) is 1.62. The van der Waals surface area contributed by atoms with Crippen LogP contribution < -0.4 is 0 Å². The summed E-state index contributed by atoms with van der Waals surface area (Å²) in [4.78, 5) is 4.30. The van der Waals surface area contributed by atoms with Crippen molar-refractivity contribution < 1.29 is 0 Å². The van der Waals surface area contributed by atoms with Crippen LogP contribution in [0.4, 0.5) is 0 Å². The van der Waals surface area contributed by atoms with E-state index in [0.29, 0.717) is 0 Å². The number of fused-ring (bicyclic) bond motifs is 1. The quantitative estimate of drug-likeness (QED) is 0.599. The van der Waals surface area contributed by atoms with Crippen molar-refractivity contribution >= 4 is 22.1 Å². The van der Waals surface area contributed by atoms with E-state index in [2.05, 4.69) is 53.0 Å². The van der Waals surface area contributed by atoms with E-state index in [9.17, 15) is 0 Å². The molecular weight excluding hydrogens is 214 g/mol. The Morgan fingerprint density at radius 2 is 2.17 bits per heavy atom. The van der Waals surface area contributed by atoms with E-state index < -0.39 is 0 Å². The summed E-state index contributed by atoms with van der Waals surface area (Å²) in [6.45, 7) is 4.35. The lowest BCUT2D eigenvalue weighted by Gasteiger charge is -2.20. The molecule has 2 heteroatoms. The molecule has 0 aromatic rings. The Morgan fingerprint density at radius 1 is 1.42 bits per heavy atom. The number of halogens is 1. The van der Waals surface area contributed by atoms with E-state index >= 15 is 0 Å². The van der Waals surface area contributed by atoms with E-state index in [-0.39, 0.29) is 5.41 Å².